The van der Waals surface area contributed by atoms with Crippen molar-refractivity contribution in [3.8, 4) is 11.5 Å². The van der Waals surface area contributed by atoms with Crippen molar-refractivity contribution in [1.29, 1.82) is 0 Å². The minimum absolute atomic E-state index is 0.154. The van der Waals surface area contributed by atoms with Crippen molar-refractivity contribution < 1.29 is 19.1 Å². The highest BCUT2D eigenvalue weighted by Gasteiger charge is 2.16. The van der Waals surface area contributed by atoms with Crippen LogP contribution in [0.1, 0.15) is 21.5 Å². The Bertz CT molecular complexity index is 896. The molecule has 2 amide bonds. The van der Waals surface area contributed by atoms with Crippen molar-refractivity contribution >= 4 is 33.4 Å². The van der Waals surface area contributed by atoms with Crippen molar-refractivity contribution in [2.24, 2.45) is 0 Å². The number of aryl methyl sites for hydroxylation is 1. The molecule has 2 N–H and O–H groups in total. The highest BCUT2D eigenvalue weighted by molar-refractivity contribution is 9.10. The molecule has 0 saturated carbocycles. The summed E-state index contributed by atoms with van der Waals surface area (Å²) in [5.41, 5.74) is 2.82. The Labute approximate surface area is 173 Å². The summed E-state index contributed by atoms with van der Waals surface area (Å²) in [5, 5.41) is 5.38. The molecule has 0 radical (unpaired) electrons. The van der Waals surface area contributed by atoms with Crippen LogP contribution in [0, 0.1) is 6.92 Å². The minimum Gasteiger partial charge on any atom is -0.493 e. The molecule has 0 saturated heterocycles. The van der Waals surface area contributed by atoms with E-state index in [0.717, 1.165) is 15.6 Å². The fourth-order valence-electron chi connectivity index (χ4n) is 2.67. The maximum absolute atomic E-state index is 12.5. The quantitative estimate of drug-likeness (QED) is 0.603. The number of nitrogens with one attached hydrogen (secondary N) is 2. The van der Waals surface area contributed by atoms with E-state index in [0.29, 0.717) is 29.2 Å². The van der Waals surface area contributed by atoms with Gasteiger partial charge in [-0.2, -0.15) is 0 Å². The summed E-state index contributed by atoms with van der Waals surface area (Å²) in [6.45, 7) is 5.50. The van der Waals surface area contributed by atoms with Crippen LogP contribution in [0.5, 0.6) is 11.5 Å². The molecule has 7 heteroatoms. The molecule has 0 fully saturated rings. The molecule has 0 aromatic heterocycles. The number of amides is 2. The Morgan fingerprint density at radius 1 is 1.18 bits per heavy atom. The van der Waals surface area contributed by atoms with Gasteiger partial charge in [0.25, 0.3) is 5.91 Å². The van der Waals surface area contributed by atoms with Crippen LogP contribution in [-0.4, -0.2) is 32.6 Å². The van der Waals surface area contributed by atoms with Crippen molar-refractivity contribution in [2.45, 2.75) is 13.3 Å². The standard InChI is InChI=1S/C21H23BrN2O4/c1-5-6-14-10-15(11-18(27-3)20(14)28-4)21(26)23-12-19(25)24-16-7-8-17(22)13(2)9-16/h5,7-11H,1,6,12H2,2-4H3,(H,23,26)(H,24,25). The maximum Gasteiger partial charge on any atom is 0.251 e. The lowest BCUT2D eigenvalue weighted by Gasteiger charge is -2.14. The summed E-state index contributed by atoms with van der Waals surface area (Å²) >= 11 is 3.42. The van der Waals surface area contributed by atoms with Gasteiger partial charge >= 0.3 is 0 Å². The van der Waals surface area contributed by atoms with E-state index < -0.39 is 0 Å². The third-order valence-corrected chi connectivity index (χ3v) is 4.92. The largest absolute Gasteiger partial charge is 0.493 e. The number of hydrogen-bond donors (Lipinski definition) is 2. The lowest BCUT2D eigenvalue weighted by atomic mass is 10.0. The molecule has 0 aliphatic heterocycles. The van der Waals surface area contributed by atoms with Gasteiger partial charge in [0.2, 0.25) is 5.91 Å². The molecule has 148 valence electrons. The number of carbonyl (C=O) groups is 2. The number of hydrogen-bond acceptors (Lipinski definition) is 4. The zero-order valence-electron chi connectivity index (χ0n) is 16.1. The van der Waals surface area contributed by atoms with E-state index in [1.165, 1.54) is 7.11 Å². The van der Waals surface area contributed by atoms with Gasteiger partial charge in [0.15, 0.2) is 11.5 Å². The second kappa shape index (κ2) is 9.94. The van der Waals surface area contributed by atoms with Crippen LogP contribution in [0.15, 0.2) is 47.5 Å². The predicted molar refractivity (Wildman–Crippen MR) is 113 cm³/mol. The Balaban J connectivity index is 2.07. The first-order valence-corrected chi connectivity index (χ1v) is 9.38. The normalized spacial score (nSPS) is 10.1. The van der Waals surface area contributed by atoms with Gasteiger partial charge in [-0.05, 0) is 49.2 Å². The van der Waals surface area contributed by atoms with Crippen LogP contribution in [0.2, 0.25) is 0 Å². The van der Waals surface area contributed by atoms with Gasteiger partial charge in [0, 0.05) is 21.3 Å². The number of rotatable bonds is 8. The highest BCUT2D eigenvalue weighted by Crippen LogP contribution is 2.33. The van der Waals surface area contributed by atoms with Gasteiger partial charge in [-0.15, -0.1) is 6.58 Å². The third-order valence-electron chi connectivity index (χ3n) is 4.03. The topological polar surface area (TPSA) is 76.7 Å². The van der Waals surface area contributed by atoms with Gasteiger partial charge in [-0.1, -0.05) is 22.0 Å². The number of carbonyl (C=O) groups excluding carboxylic acids is 2. The summed E-state index contributed by atoms with van der Waals surface area (Å²) in [6.07, 6.45) is 2.23. The average molecular weight is 447 g/mol. The van der Waals surface area contributed by atoms with Gasteiger partial charge < -0.3 is 20.1 Å². The molecule has 0 unspecified atom stereocenters. The smallest absolute Gasteiger partial charge is 0.251 e. The molecular weight excluding hydrogens is 424 g/mol. The van der Waals surface area contributed by atoms with E-state index in [-0.39, 0.29) is 18.4 Å². The van der Waals surface area contributed by atoms with E-state index in [1.807, 2.05) is 19.1 Å². The van der Waals surface area contributed by atoms with E-state index in [1.54, 1.807) is 31.4 Å². The van der Waals surface area contributed by atoms with Crippen LogP contribution in [0.3, 0.4) is 0 Å². The minimum atomic E-state index is -0.381. The maximum atomic E-state index is 12.5. The Hall–Kier alpha value is -2.80. The molecule has 2 aromatic rings. The molecule has 0 aliphatic carbocycles. The fourth-order valence-corrected chi connectivity index (χ4v) is 2.92. The SMILES string of the molecule is C=CCc1cc(C(=O)NCC(=O)Nc2ccc(Br)c(C)c2)cc(OC)c1OC. The number of benzene rings is 2. The fraction of sp³-hybridized carbons (Fsp3) is 0.238. The van der Waals surface area contributed by atoms with Crippen LogP contribution < -0.4 is 20.1 Å². The number of allylic oxidation sites excluding steroid dienone is 1. The molecule has 0 bridgehead atoms. The predicted octanol–water partition coefficient (Wildman–Crippen LogP) is 3.87. The number of methoxy groups -OCH3 is 2. The van der Waals surface area contributed by atoms with Gasteiger partial charge in [-0.25, -0.2) is 0 Å². The van der Waals surface area contributed by atoms with Crippen LogP contribution in [0.4, 0.5) is 5.69 Å². The lowest BCUT2D eigenvalue weighted by Crippen LogP contribution is -2.33. The van der Waals surface area contributed by atoms with Crippen molar-refractivity contribution in [3.05, 3.63) is 64.1 Å². The number of ether oxygens (including phenoxy) is 2. The first-order valence-electron chi connectivity index (χ1n) is 8.59. The Morgan fingerprint density at radius 3 is 2.54 bits per heavy atom. The van der Waals surface area contributed by atoms with Gasteiger partial charge in [0.05, 0.1) is 20.8 Å². The highest BCUT2D eigenvalue weighted by atomic mass is 79.9. The molecule has 28 heavy (non-hydrogen) atoms. The second-order valence-corrected chi connectivity index (χ2v) is 6.91. The first-order chi connectivity index (χ1) is 13.4. The molecular formula is C21H23BrN2O4. The zero-order valence-corrected chi connectivity index (χ0v) is 17.7. The first kappa shape index (κ1) is 21.5. The van der Waals surface area contributed by atoms with Gasteiger partial charge in [-0.3, -0.25) is 9.59 Å². The van der Waals surface area contributed by atoms with E-state index in [9.17, 15) is 9.59 Å². The summed E-state index contributed by atoms with van der Waals surface area (Å²) in [6, 6.07) is 8.77. The third kappa shape index (κ3) is 5.36. The van der Waals surface area contributed by atoms with Crippen molar-refractivity contribution in [2.75, 3.05) is 26.1 Å². The Kier molecular flexibility index (Phi) is 7.63. The zero-order chi connectivity index (χ0) is 20.7. The second-order valence-electron chi connectivity index (χ2n) is 6.06. The molecule has 0 heterocycles. The summed E-state index contributed by atoms with van der Waals surface area (Å²) < 4.78 is 11.6. The van der Waals surface area contributed by atoms with E-state index in [4.69, 9.17) is 9.47 Å². The van der Waals surface area contributed by atoms with Gasteiger partial charge in [0.1, 0.15) is 0 Å². The molecule has 0 aliphatic rings. The summed E-state index contributed by atoms with van der Waals surface area (Å²) in [5.74, 6) is 0.305. The number of anilines is 1. The molecule has 2 aromatic carbocycles. The molecule has 2 rings (SSSR count). The monoisotopic (exact) mass is 446 g/mol. The molecule has 0 atom stereocenters. The van der Waals surface area contributed by atoms with Crippen molar-refractivity contribution in [3.63, 3.8) is 0 Å². The van der Waals surface area contributed by atoms with E-state index in [2.05, 4.69) is 33.1 Å². The van der Waals surface area contributed by atoms with Crippen molar-refractivity contribution in [1.82, 2.24) is 5.32 Å². The summed E-state index contributed by atoms with van der Waals surface area (Å²) in [7, 11) is 3.04. The Morgan fingerprint density at radius 2 is 1.93 bits per heavy atom. The average Bonchev–Trinajstić information content (AvgIpc) is 2.68. The number of halogens is 1. The van der Waals surface area contributed by atoms with Crippen LogP contribution in [-0.2, 0) is 11.2 Å². The van der Waals surface area contributed by atoms with Crippen LogP contribution in [0.25, 0.3) is 0 Å². The molecule has 0 spiro atoms. The lowest BCUT2D eigenvalue weighted by molar-refractivity contribution is -0.115. The summed E-state index contributed by atoms with van der Waals surface area (Å²) in [4.78, 5) is 24.6. The van der Waals surface area contributed by atoms with E-state index >= 15 is 0 Å². The van der Waals surface area contributed by atoms with Crippen LogP contribution >= 0.6 is 15.9 Å². The molecule has 6 nitrogen and oxygen atoms in total.